The second kappa shape index (κ2) is 8.16. The standard InChI is InChI=1S/C36H50FNO2/c1-20(2)22-12-15-36(31(39)40)17-16-34(6)25(29(22)36)9-11-28-33(5)19-24-23-18-21(37)8-10-26(23)38-30(24)32(3,4)27(33)13-14-35(28,34)7/h8,10,18,20,22,25,27-29,38H,9,11-17,19H2,1-7H3,(H,39,40)/t22-,25+,27-,28+,29+,33-,34+,35+,36-/m0/s1. The average Bonchev–Trinajstić information content (AvgIpc) is 3.44. The van der Waals surface area contributed by atoms with E-state index < -0.39 is 11.4 Å². The van der Waals surface area contributed by atoms with Crippen LogP contribution >= 0.6 is 0 Å². The van der Waals surface area contributed by atoms with Gasteiger partial charge in [0.15, 0.2) is 0 Å². The average molecular weight is 548 g/mol. The van der Waals surface area contributed by atoms with Gasteiger partial charge in [0.25, 0.3) is 0 Å². The number of H-pyrrole nitrogens is 1. The maximum Gasteiger partial charge on any atom is 0.309 e. The minimum absolute atomic E-state index is 0.00384. The van der Waals surface area contributed by atoms with Crippen LogP contribution in [0.4, 0.5) is 4.39 Å². The molecule has 5 aliphatic rings. The number of fused-ring (bicyclic) bond motifs is 10. The van der Waals surface area contributed by atoms with E-state index in [-0.39, 0.29) is 27.5 Å². The second-order valence-electron chi connectivity index (χ2n) is 16.7. The van der Waals surface area contributed by atoms with Crippen molar-refractivity contribution in [2.45, 2.75) is 112 Å². The molecule has 4 fully saturated rings. The summed E-state index contributed by atoms with van der Waals surface area (Å²) in [6, 6.07) is 5.26. The van der Waals surface area contributed by atoms with Crippen LogP contribution in [0.2, 0.25) is 0 Å². The highest BCUT2D eigenvalue weighted by atomic mass is 19.1. The highest BCUT2D eigenvalue weighted by Gasteiger charge is 2.72. The Morgan fingerprint density at radius 2 is 1.70 bits per heavy atom. The number of hydrogen-bond acceptors (Lipinski definition) is 1. The third-order valence-electron chi connectivity index (χ3n) is 15.0. The van der Waals surface area contributed by atoms with Crippen LogP contribution in [-0.4, -0.2) is 16.1 Å². The van der Waals surface area contributed by atoms with E-state index in [1.807, 2.05) is 6.07 Å². The van der Waals surface area contributed by atoms with Gasteiger partial charge in [0, 0.05) is 22.0 Å². The summed E-state index contributed by atoms with van der Waals surface area (Å²) in [4.78, 5) is 16.7. The lowest BCUT2D eigenvalue weighted by molar-refractivity contribution is -0.230. The number of carboxylic acid groups (broad SMARTS) is 1. The maximum atomic E-state index is 14.5. The second-order valence-corrected chi connectivity index (χ2v) is 16.7. The summed E-state index contributed by atoms with van der Waals surface area (Å²) in [7, 11) is 0. The smallest absolute Gasteiger partial charge is 0.309 e. The predicted octanol–water partition coefficient (Wildman–Crippen LogP) is 9.14. The number of rotatable bonds is 2. The number of carbonyl (C=O) groups is 1. The van der Waals surface area contributed by atoms with Gasteiger partial charge < -0.3 is 10.1 Å². The molecular formula is C36H50FNO2. The van der Waals surface area contributed by atoms with Crippen LogP contribution in [0.1, 0.15) is 111 Å². The van der Waals surface area contributed by atoms with E-state index in [0.717, 1.165) is 49.4 Å². The number of hydrogen-bond donors (Lipinski definition) is 2. The lowest BCUT2D eigenvalue weighted by Gasteiger charge is -2.72. The van der Waals surface area contributed by atoms with E-state index in [1.54, 1.807) is 12.1 Å². The van der Waals surface area contributed by atoms with Crippen molar-refractivity contribution in [3.8, 4) is 0 Å². The molecule has 7 rings (SSSR count). The molecule has 4 saturated carbocycles. The number of aliphatic carboxylic acids is 1. The van der Waals surface area contributed by atoms with Crippen LogP contribution in [-0.2, 0) is 16.6 Å². The molecule has 1 heterocycles. The minimum atomic E-state index is -0.515. The SMILES string of the molecule is CC(C)[C@@H]1CC[C@]2(C(=O)O)CC[C@]3(C)[C@H](CC[C@@H]4[C@@]5(C)Cc6c([nH]c7ccc(F)cc67)C(C)(C)[C@@H]5CC[C@]43C)[C@@H]12. The highest BCUT2D eigenvalue weighted by molar-refractivity contribution is 5.85. The summed E-state index contributed by atoms with van der Waals surface area (Å²) in [6.45, 7) is 17.3. The van der Waals surface area contributed by atoms with Gasteiger partial charge in [-0.15, -0.1) is 0 Å². The molecule has 218 valence electrons. The van der Waals surface area contributed by atoms with Crippen LogP contribution < -0.4 is 0 Å². The molecule has 1 aromatic carbocycles. The Hall–Kier alpha value is -1.84. The first-order valence-electron chi connectivity index (χ1n) is 16.2. The first-order valence-corrected chi connectivity index (χ1v) is 16.2. The number of benzene rings is 1. The van der Waals surface area contributed by atoms with Gasteiger partial charge in [-0.25, -0.2) is 4.39 Å². The van der Waals surface area contributed by atoms with E-state index in [9.17, 15) is 14.3 Å². The summed E-state index contributed by atoms with van der Waals surface area (Å²) in [5, 5.41) is 11.7. The molecule has 0 spiro atoms. The number of aromatic amines is 1. The third kappa shape index (κ3) is 3.05. The number of carboxylic acids is 1. The maximum absolute atomic E-state index is 14.5. The van der Waals surface area contributed by atoms with Gasteiger partial charge in [-0.05, 0) is 133 Å². The van der Waals surface area contributed by atoms with Crippen molar-refractivity contribution in [1.29, 1.82) is 0 Å². The molecule has 40 heavy (non-hydrogen) atoms. The monoisotopic (exact) mass is 547 g/mol. The van der Waals surface area contributed by atoms with E-state index in [0.29, 0.717) is 35.5 Å². The molecule has 3 nitrogen and oxygen atoms in total. The fourth-order valence-corrected chi connectivity index (χ4v) is 13.1. The van der Waals surface area contributed by atoms with E-state index in [2.05, 4.69) is 53.5 Å². The fourth-order valence-electron chi connectivity index (χ4n) is 13.1. The molecule has 0 unspecified atom stereocenters. The zero-order chi connectivity index (χ0) is 28.6. The molecule has 5 aliphatic carbocycles. The highest BCUT2D eigenvalue weighted by Crippen LogP contribution is 2.77. The molecule has 0 amide bonds. The van der Waals surface area contributed by atoms with Crippen molar-refractivity contribution in [2.75, 3.05) is 0 Å². The topological polar surface area (TPSA) is 53.1 Å². The van der Waals surface area contributed by atoms with E-state index in [1.165, 1.54) is 30.5 Å². The van der Waals surface area contributed by atoms with E-state index in [4.69, 9.17) is 0 Å². The van der Waals surface area contributed by atoms with Gasteiger partial charge in [-0.1, -0.05) is 48.5 Å². The molecular weight excluding hydrogens is 497 g/mol. The van der Waals surface area contributed by atoms with Crippen LogP contribution in [0.25, 0.3) is 10.9 Å². The van der Waals surface area contributed by atoms with Crippen molar-refractivity contribution in [3.63, 3.8) is 0 Å². The van der Waals surface area contributed by atoms with Crippen molar-refractivity contribution in [1.82, 2.24) is 4.98 Å². The van der Waals surface area contributed by atoms with E-state index >= 15 is 0 Å². The Morgan fingerprint density at radius 3 is 2.40 bits per heavy atom. The largest absolute Gasteiger partial charge is 0.481 e. The zero-order valence-electron chi connectivity index (χ0n) is 25.8. The van der Waals surface area contributed by atoms with Gasteiger partial charge in [0.1, 0.15) is 5.82 Å². The molecule has 0 saturated heterocycles. The molecule has 9 atom stereocenters. The number of nitrogens with one attached hydrogen (secondary N) is 1. The molecule has 0 bridgehead atoms. The minimum Gasteiger partial charge on any atom is -0.481 e. The Labute approximate surface area is 240 Å². The van der Waals surface area contributed by atoms with Crippen molar-refractivity contribution in [3.05, 3.63) is 35.3 Å². The summed E-state index contributed by atoms with van der Waals surface area (Å²) < 4.78 is 14.5. The zero-order valence-corrected chi connectivity index (χ0v) is 25.8. The Morgan fingerprint density at radius 1 is 0.950 bits per heavy atom. The van der Waals surface area contributed by atoms with Crippen LogP contribution in [0.15, 0.2) is 18.2 Å². The van der Waals surface area contributed by atoms with Crippen LogP contribution in [0.5, 0.6) is 0 Å². The van der Waals surface area contributed by atoms with Crippen molar-refractivity contribution >= 4 is 16.9 Å². The van der Waals surface area contributed by atoms with Gasteiger partial charge in [-0.2, -0.15) is 0 Å². The molecule has 1 aromatic heterocycles. The molecule has 4 heteroatoms. The third-order valence-corrected chi connectivity index (χ3v) is 15.0. The first kappa shape index (κ1) is 27.0. The molecule has 0 aliphatic heterocycles. The number of halogens is 1. The lowest BCUT2D eigenvalue weighted by atomic mass is 9.32. The van der Waals surface area contributed by atoms with Crippen LogP contribution in [0.3, 0.4) is 0 Å². The van der Waals surface area contributed by atoms with Gasteiger partial charge in [-0.3, -0.25) is 4.79 Å². The number of aromatic nitrogens is 1. The molecule has 2 aromatic rings. The Balaban J connectivity index is 1.33. The van der Waals surface area contributed by atoms with Crippen molar-refractivity contribution in [2.24, 2.45) is 57.2 Å². The predicted molar refractivity (Wildman–Crippen MR) is 159 cm³/mol. The fraction of sp³-hybridized carbons (Fsp3) is 0.750. The quantitative estimate of drug-likeness (QED) is 0.394. The summed E-state index contributed by atoms with van der Waals surface area (Å²) in [5.74, 6) is 2.33. The normalized spacial score (nSPS) is 45.4. The van der Waals surface area contributed by atoms with Gasteiger partial charge >= 0.3 is 5.97 Å². The van der Waals surface area contributed by atoms with Crippen molar-refractivity contribution < 1.29 is 14.3 Å². The van der Waals surface area contributed by atoms with Gasteiger partial charge in [0.05, 0.1) is 5.41 Å². The Bertz CT molecular complexity index is 1390. The lowest BCUT2D eigenvalue weighted by Crippen LogP contribution is -2.67. The summed E-state index contributed by atoms with van der Waals surface area (Å²) in [6.07, 6.45) is 9.67. The first-order chi connectivity index (χ1) is 18.7. The summed E-state index contributed by atoms with van der Waals surface area (Å²) in [5.41, 5.74) is 3.69. The Kier molecular flexibility index (Phi) is 5.51. The van der Waals surface area contributed by atoms with Crippen LogP contribution in [0, 0.1) is 63.0 Å². The van der Waals surface area contributed by atoms with Gasteiger partial charge in [0.2, 0.25) is 0 Å². The summed E-state index contributed by atoms with van der Waals surface area (Å²) >= 11 is 0. The molecule has 2 N–H and O–H groups in total. The molecule has 0 radical (unpaired) electrons.